The molecule has 0 atom stereocenters. The second-order valence-electron chi connectivity index (χ2n) is 10.5. The summed E-state index contributed by atoms with van der Waals surface area (Å²) < 4.78 is 0. The third-order valence-corrected chi connectivity index (χ3v) is 9.33. The molecule has 1 amide bonds. The van der Waals surface area contributed by atoms with Gasteiger partial charge in [0.2, 0.25) is 5.91 Å². The van der Waals surface area contributed by atoms with Gasteiger partial charge in [0.25, 0.3) is 0 Å². The van der Waals surface area contributed by atoms with Gasteiger partial charge >= 0.3 is 0 Å². The SMILES string of the molecule is O=C(/C=C/c1ccccc1)N1CCN(c2nc(C3CCCCC3)nc3sc4c(c23)CCCCC4)CC1. The van der Waals surface area contributed by atoms with Gasteiger partial charge in [-0.2, -0.15) is 0 Å². The Labute approximate surface area is 218 Å². The number of thiophene rings is 1. The van der Waals surface area contributed by atoms with Crippen molar-refractivity contribution < 1.29 is 4.79 Å². The molecular weight excluding hydrogens is 464 g/mol. The second-order valence-corrected chi connectivity index (χ2v) is 11.6. The van der Waals surface area contributed by atoms with Crippen LogP contribution in [-0.4, -0.2) is 47.0 Å². The van der Waals surface area contributed by atoms with E-state index in [1.165, 1.54) is 73.6 Å². The molecule has 1 aliphatic heterocycles. The molecule has 0 spiro atoms. The molecule has 3 heterocycles. The predicted molar refractivity (Wildman–Crippen MR) is 149 cm³/mol. The summed E-state index contributed by atoms with van der Waals surface area (Å²) in [5, 5.41) is 1.32. The van der Waals surface area contributed by atoms with Gasteiger partial charge in [0.15, 0.2) is 0 Å². The second kappa shape index (κ2) is 10.7. The molecule has 1 aromatic carbocycles. The van der Waals surface area contributed by atoms with Crippen LogP contribution >= 0.6 is 11.3 Å². The van der Waals surface area contributed by atoms with Crippen LogP contribution in [0.4, 0.5) is 5.82 Å². The van der Waals surface area contributed by atoms with E-state index < -0.39 is 0 Å². The number of rotatable bonds is 4. The average Bonchev–Trinajstić information content (AvgIpc) is 3.13. The number of aryl methyl sites for hydroxylation is 2. The first-order valence-corrected chi connectivity index (χ1v) is 14.7. The number of carbonyl (C=O) groups excluding carboxylic acids is 1. The zero-order valence-electron chi connectivity index (χ0n) is 21.1. The van der Waals surface area contributed by atoms with Crippen molar-refractivity contribution in [2.24, 2.45) is 0 Å². The maximum absolute atomic E-state index is 12.9. The van der Waals surface area contributed by atoms with Crippen LogP contribution in [0.2, 0.25) is 0 Å². The highest BCUT2D eigenvalue weighted by Gasteiger charge is 2.28. The Morgan fingerprint density at radius 1 is 0.889 bits per heavy atom. The maximum atomic E-state index is 12.9. The summed E-state index contributed by atoms with van der Waals surface area (Å²) in [4.78, 5) is 30.5. The number of hydrogen-bond acceptors (Lipinski definition) is 5. The first kappa shape index (κ1) is 23.7. The number of nitrogens with zero attached hydrogens (tertiary/aromatic N) is 4. The lowest BCUT2D eigenvalue weighted by molar-refractivity contribution is -0.126. The van der Waals surface area contributed by atoms with Gasteiger partial charge in [-0.25, -0.2) is 9.97 Å². The normalized spacial score (nSPS) is 19.6. The molecule has 5 nitrogen and oxygen atoms in total. The molecule has 0 radical (unpaired) electrons. The van der Waals surface area contributed by atoms with E-state index in [-0.39, 0.29) is 5.91 Å². The minimum absolute atomic E-state index is 0.0960. The zero-order valence-corrected chi connectivity index (χ0v) is 21.9. The van der Waals surface area contributed by atoms with Crippen LogP contribution in [0.5, 0.6) is 0 Å². The third-order valence-electron chi connectivity index (χ3n) is 8.14. The molecule has 2 aromatic heterocycles. The molecule has 2 fully saturated rings. The largest absolute Gasteiger partial charge is 0.352 e. The Kier molecular flexibility index (Phi) is 7.04. The smallest absolute Gasteiger partial charge is 0.246 e. The molecule has 0 unspecified atom stereocenters. The molecule has 0 bridgehead atoms. The number of hydrogen-bond donors (Lipinski definition) is 0. The highest BCUT2D eigenvalue weighted by Crippen LogP contribution is 2.41. The van der Waals surface area contributed by atoms with Crippen molar-refractivity contribution in [1.82, 2.24) is 14.9 Å². The molecule has 1 saturated carbocycles. The number of aromatic nitrogens is 2. The summed E-state index contributed by atoms with van der Waals surface area (Å²) in [5.74, 6) is 2.80. The summed E-state index contributed by atoms with van der Waals surface area (Å²) in [6.07, 6.45) is 16.2. The van der Waals surface area contributed by atoms with Crippen LogP contribution in [0.25, 0.3) is 16.3 Å². The van der Waals surface area contributed by atoms with Crippen molar-refractivity contribution in [3.63, 3.8) is 0 Å². The fourth-order valence-corrected chi connectivity index (χ4v) is 7.34. The molecular formula is C30H36N4OS. The molecule has 188 valence electrons. The van der Waals surface area contributed by atoms with Gasteiger partial charge in [0, 0.05) is 43.1 Å². The van der Waals surface area contributed by atoms with E-state index in [0.717, 1.165) is 49.8 Å². The van der Waals surface area contributed by atoms with E-state index in [0.29, 0.717) is 5.92 Å². The van der Waals surface area contributed by atoms with Crippen LogP contribution < -0.4 is 4.90 Å². The molecule has 3 aliphatic rings. The molecule has 36 heavy (non-hydrogen) atoms. The minimum atomic E-state index is 0.0960. The van der Waals surface area contributed by atoms with Gasteiger partial charge in [-0.05, 0) is 55.7 Å². The number of carbonyl (C=O) groups is 1. The monoisotopic (exact) mass is 500 g/mol. The van der Waals surface area contributed by atoms with Gasteiger partial charge < -0.3 is 9.80 Å². The van der Waals surface area contributed by atoms with Gasteiger partial charge in [-0.3, -0.25) is 4.79 Å². The van der Waals surface area contributed by atoms with Crippen molar-refractivity contribution in [2.45, 2.75) is 70.1 Å². The van der Waals surface area contributed by atoms with Crippen LogP contribution in [0.1, 0.15) is 79.1 Å². The highest BCUT2D eigenvalue weighted by atomic mass is 32.1. The van der Waals surface area contributed by atoms with Gasteiger partial charge in [0.1, 0.15) is 16.5 Å². The van der Waals surface area contributed by atoms with E-state index in [4.69, 9.17) is 9.97 Å². The van der Waals surface area contributed by atoms with Crippen molar-refractivity contribution >= 4 is 39.4 Å². The summed E-state index contributed by atoms with van der Waals surface area (Å²) in [5.41, 5.74) is 2.57. The number of fused-ring (bicyclic) bond motifs is 3. The number of anilines is 1. The van der Waals surface area contributed by atoms with E-state index in [1.807, 2.05) is 52.6 Å². The first-order chi connectivity index (χ1) is 17.8. The molecule has 6 rings (SSSR count). The average molecular weight is 501 g/mol. The topological polar surface area (TPSA) is 49.3 Å². The predicted octanol–water partition coefficient (Wildman–Crippen LogP) is 6.37. The lowest BCUT2D eigenvalue weighted by Crippen LogP contribution is -2.48. The van der Waals surface area contributed by atoms with Crippen LogP contribution in [0, 0.1) is 0 Å². The maximum Gasteiger partial charge on any atom is 0.246 e. The number of piperazine rings is 1. The van der Waals surface area contributed by atoms with E-state index in [9.17, 15) is 4.79 Å². The third kappa shape index (κ3) is 4.93. The van der Waals surface area contributed by atoms with Gasteiger partial charge in [0.05, 0.1) is 5.39 Å². The fourth-order valence-electron chi connectivity index (χ4n) is 6.08. The van der Waals surface area contributed by atoms with Crippen LogP contribution in [-0.2, 0) is 17.6 Å². The Morgan fingerprint density at radius 3 is 2.44 bits per heavy atom. The Bertz CT molecular complexity index is 1240. The Balaban J connectivity index is 1.26. The van der Waals surface area contributed by atoms with Crippen molar-refractivity contribution in [3.05, 3.63) is 58.2 Å². The fraction of sp³-hybridized carbons (Fsp3) is 0.500. The van der Waals surface area contributed by atoms with Crippen molar-refractivity contribution in [2.75, 3.05) is 31.1 Å². The Morgan fingerprint density at radius 2 is 1.64 bits per heavy atom. The highest BCUT2D eigenvalue weighted by molar-refractivity contribution is 7.19. The first-order valence-electron chi connectivity index (χ1n) is 13.9. The molecule has 2 aliphatic carbocycles. The van der Waals surface area contributed by atoms with E-state index >= 15 is 0 Å². The Hall–Kier alpha value is -2.73. The van der Waals surface area contributed by atoms with E-state index in [1.54, 1.807) is 11.0 Å². The summed E-state index contributed by atoms with van der Waals surface area (Å²) >= 11 is 1.93. The molecule has 3 aromatic rings. The summed E-state index contributed by atoms with van der Waals surface area (Å²) in [6.45, 7) is 3.11. The van der Waals surface area contributed by atoms with E-state index in [2.05, 4.69) is 4.90 Å². The molecule has 6 heteroatoms. The number of benzene rings is 1. The lowest BCUT2D eigenvalue weighted by Gasteiger charge is -2.35. The zero-order chi connectivity index (χ0) is 24.3. The van der Waals surface area contributed by atoms with Crippen molar-refractivity contribution in [3.8, 4) is 0 Å². The lowest BCUT2D eigenvalue weighted by atomic mass is 9.88. The van der Waals surface area contributed by atoms with Gasteiger partial charge in [-0.1, -0.05) is 56.0 Å². The summed E-state index contributed by atoms with van der Waals surface area (Å²) in [6, 6.07) is 10.0. The minimum Gasteiger partial charge on any atom is -0.352 e. The quantitative estimate of drug-likeness (QED) is 0.308. The number of amides is 1. The standard InChI is InChI=1S/C30H36N4OS/c35-26(17-16-22-10-4-1-5-11-22)33-18-20-34(21-19-33)29-27-24-14-8-3-9-15-25(24)36-30(27)32-28(31-29)23-12-6-2-7-13-23/h1,4-5,10-11,16-17,23H,2-3,6-9,12-15,18-21H2/b17-16+. The van der Waals surface area contributed by atoms with Gasteiger partial charge in [-0.15, -0.1) is 11.3 Å². The summed E-state index contributed by atoms with van der Waals surface area (Å²) in [7, 11) is 0. The molecule has 1 saturated heterocycles. The van der Waals surface area contributed by atoms with Crippen LogP contribution in [0.3, 0.4) is 0 Å². The van der Waals surface area contributed by atoms with Crippen LogP contribution in [0.15, 0.2) is 36.4 Å². The van der Waals surface area contributed by atoms with Crippen molar-refractivity contribution in [1.29, 1.82) is 0 Å². The molecule has 0 N–H and O–H groups in total.